The summed E-state index contributed by atoms with van der Waals surface area (Å²) in [6.07, 6.45) is 3.87. The van der Waals surface area contributed by atoms with Crippen LogP contribution in [0, 0.1) is 10.1 Å². The Morgan fingerprint density at radius 1 is 1.43 bits per heavy atom. The van der Waals surface area contributed by atoms with Gasteiger partial charge in [-0.25, -0.2) is 0 Å². The minimum absolute atomic E-state index is 0.0227. The number of nitrogens with zero attached hydrogens (tertiary/aromatic N) is 1. The summed E-state index contributed by atoms with van der Waals surface area (Å²) in [4.78, 5) is 22.4. The zero-order valence-corrected chi connectivity index (χ0v) is 13.3. The molecular formula is C14H21N3O3S. The van der Waals surface area contributed by atoms with Crippen LogP contribution in [-0.2, 0) is 0 Å². The number of hydrogen-bond donors (Lipinski definition) is 2. The number of carbonyl (C=O) groups excluding carboxylic acids is 1. The van der Waals surface area contributed by atoms with Crippen LogP contribution < -0.4 is 11.1 Å². The zero-order chi connectivity index (χ0) is 16.0. The molecule has 21 heavy (non-hydrogen) atoms. The molecule has 0 bridgehead atoms. The van der Waals surface area contributed by atoms with Crippen LogP contribution in [0.5, 0.6) is 0 Å². The number of benzene rings is 1. The van der Waals surface area contributed by atoms with Crippen LogP contribution in [0.1, 0.15) is 37.0 Å². The molecule has 0 heterocycles. The molecule has 0 radical (unpaired) electrons. The Labute approximate surface area is 128 Å². The highest BCUT2D eigenvalue weighted by molar-refractivity contribution is 8.00. The topological polar surface area (TPSA) is 98.3 Å². The van der Waals surface area contributed by atoms with Gasteiger partial charge in [0.15, 0.2) is 0 Å². The number of nitrogen functional groups attached to an aromatic ring is 1. The summed E-state index contributed by atoms with van der Waals surface area (Å²) in [5.74, 6) is -0.378. The average Bonchev–Trinajstić information content (AvgIpc) is 2.49. The summed E-state index contributed by atoms with van der Waals surface area (Å²) in [6.45, 7) is 4.66. The van der Waals surface area contributed by atoms with Gasteiger partial charge in [-0.1, -0.05) is 13.8 Å². The lowest BCUT2D eigenvalue weighted by atomic mass is 10.0. The fraction of sp³-hybridized carbons (Fsp3) is 0.500. The number of nitrogens with two attached hydrogens (primary N) is 1. The quantitative estimate of drug-likeness (QED) is 0.458. The molecule has 1 aromatic carbocycles. The number of hydrogen-bond acceptors (Lipinski definition) is 5. The van der Waals surface area contributed by atoms with Crippen molar-refractivity contribution in [3.05, 3.63) is 33.9 Å². The van der Waals surface area contributed by atoms with E-state index in [2.05, 4.69) is 19.2 Å². The maximum Gasteiger partial charge on any atom is 0.270 e. The Morgan fingerprint density at radius 3 is 2.52 bits per heavy atom. The lowest BCUT2D eigenvalue weighted by Crippen LogP contribution is -2.39. The number of amides is 1. The van der Waals surface area contributed by atoms with Crippen molar-refractivity contribution in [3.63, 3.8) is 0 Å². The van der Waals surface area contributed by atoms with Crippen LogP contribution in [-0.4, -0.2) is 28.4 Å². The third kappa shape index (κ3) is 4.10. The van der Waals surface area contributed by atoms with E-state index in [-0.39, 0.29) is 27.6 Å². The van der Waals surface area contributed by atoms with Crippen molar-refractivity contribution in [2.45, 2.75) is 31.4 Å². The van der Waals surface area contributed by atoms with Crippen molar-refractivity contribution in [3.8, 4) is 0 Å². The normalized spacial score (nSPS) is 11.2. The first-order valence-corrected chi connectivity index (χ1v) is 7.99. The van der Waals surface area contributed by atoms with Crippen LogP contribution in [0.4, 0.5) is 11.4 Å². The number of thioether (sulfide) groups is 1. The lowest BCUT2D eigenvalue weighted by molar-refractivity contribution is -0.384. The zero-order valence-electron chi connectivity index (χ0n) is 12.5. The lowest BCUT2D eigenvalue weighted by Gasteiger charge is -2.29. The minimum atomic E-state index is -0.541. The molecule has 0 atom stereocenters. The number of rotatable bonds is 7. The van der Waals surface area contributed by atoms with Gasteiger partial charge in [0.1, 0.15) is 0 Å². The van der Waals surface area contributed by atoms with Crippen LogP contribution >= 0.6 is 11.8 Å². The smallest absolute Gasteiger partial charge is 0.270 e. The van der Waals surface area contributed by atoms with Crippen molar-refractivity contribution in [2.75, 3.05) is 18.5 Å². The van der Waals surface area contributed by atoms with E-state index in [1.165, 1.54) is 18.2 Å². The van der Waals surface area contributed by atoms with Gasteiger partial charge in [0.05, 0.1) is 10.5 Å². The van der Waals surface area contributed by atoms with Crippen molar-refractivity contribution in [2.24, 2.45) is 0 Å². The molecule has 116 valence electrons. The number of nitro benzene ring substituents is 1. The molecule has 1 rings (SSSR count). The molecule has 0 fully saturated rings. The standard InChI is InChI=1S/C14H21N3O3S/c1-4-14(5-2,21-3)9-16-13(18)11-8-10(17(19)20)6-7-12(11)15/h6-8H,4-5,9,15H2,1-3H3,(H,16,18). The molecule has 0 aliphatic rings. The number of anilines is 1. The Kier molecular flexibility index (Phi) is 6.02. The van der Waals surface area contributed by atoms with Gasteiger partial charge in [-0.3, -0.25) is 14.9 Å². The van der Waals surface area contributed by atoms with Gasteiger partial charge in [0.25, 0.3) is 11.6 Å². The molecule has 0 saturated heterocycles. The van der Waals surface area contributed by atoms with Crippen molar-refractivity contribution < 1.29 is 9.72 Å². The molecule has 1 aromatic rings. The SMILES string of the molecule is CCC(CC)(CNC(=O)c1cc([N+](=O)[O-])ccc1N)SC. The second kappa shape index (κ2) is 7.31. The predicted octanol–water partition coefficient (Wildman–Crippen LogP) is 2.83. The first-order chi connectivity index (χ1) is 9.89. The van der Waals surface area contributed by atoms with Crippen LogP contribution in [0.3, 0.4) is 0 Å². The summed E-state index contributed by atoms with van der Waals surface area (Å²) in [7, 11) is 0. The second-order valence-electron chi connectivity index (χ2n) is 4.81. The van der Waals surface area contributed by atoms with E-state index in [4.69, 9.17) is 5.73 Å². The summed E-state index contributed by atoms with van der Waals surface area (Å²) in [6, 6.07) is 3.88. The maximum absolute atomic E-state index is 12.2. The Morgan fingerprint density at radius 2 is 2.05 bits per heavy atom. The Hall–Kier alpha value is -1.76. The number of carbonyl (C=O) groups is 1. The predicted molar refractivity (Wildman–Crippen MR) is 86.7 cm³/mol. The van der Waals surface area contributed by atoms with Gasteiger partial charge in [0.2, 0.25) is 0 Å². The Bertz CT molecular complexity index is 522. The molecule has 1 amide bonds. The highest BCUT2D eigenvalue weighted by atomic mass is 32.2. The van der Waals surface area contributed by atoms with E-state index in [1.54, 1.807) is 11.8 Å². The number of non-ortho nitro benzene ring substituents is 1. The fourth-order valence-electron chi connectivity index (χ4n) is 2.05. The van der Waals surface area contributed by atoms with Gasteiger partial charge in [0, 0.05) is 29.1 Å². The molecule has 6 nitrogen and oxygen atoms in total. The largest absolute Gasteiger partial charge is 0.398 e. The molecule has 0 saturated carbocycles. The van der Waals surface area contributed by atoms with E-state index in [1.807, 2.05) is 6.26 Å². The van der Waals surface area contributed by atoms with Crippen LogP contribution in [0.25, 0.3) is 0 Å². The van der Waals surface area contributed by atoms with E-state index in [9.17, 15) is 14.9 Å². The monoisotopic (exact) mass is 311 g/mol. The van der Waals surface area contributed by atoms with Crippen molar-refractivity contribution in [1.82, 2.24) is 5.32 Å². The summed E-state index contributed by atoms with van der Waals surface area (Å²) < 4.78 is -0.0227. The number of nitro groups is 1. The van der Waals surface area contributed by atoms with Crippen molar-refractivity contribution in [1.29, 1.82) is 0 Å². The first-order valence-electron chi connectivity index (χ1n) is 6.76. The average molecular weight is 311 g/mol. The maximum atomic E-state index is 12.2. The Balaban J connectivity index is 2.89. The van der Waals surface area contributed by atoms with E-state index < -0.39 is 4.92 Å². The molecule has 3 N–H and O–H groups in total. The summed E-state index contributed by atoms with van der Waals surface area (Å²) in [5.41, 5.74) is 5.98. The highest BCUT2D eigenvalue weighted by Gasteiger charge is 2.26. The van der Waals surface area contributed by atoms with E-state index >= 15 is 0 Å². The van der Waals surface area contributed by atoms with E-state index in [0.29, 0.717) is 6.54 Å². The van der Waals surface area contributed by atoms with Gasteiger partial charge in [-0.05, 0) is 25.2 Å². The van der Waals surface area contributed by atoms with Crippen LogP contribution in [0.15, 0.2) is 18.2 Å². The molecule has 0 aromatic heterocycles. The minimum Gasteiger partial charge on any atom is -0.398 e. The molecule has 7 heteroatoms. The molecule has 0 aliphatic heterocycles. The van der Waals surface area contributed by atoms with Crippen LogP contribution in [0.2, 0.25) is 0 Å². The number of nitrogens with one attached hydrogen (secondary N) is 1. The molecule has 0 unspecified atom stereocenters. The van der Waals surface area contributed by atoms with Gasteiger partial charge >= 0.3 is 0 Å². The molecular weight excluding hydrogens is 290 g/mol. The second-order valence-corrected chi connectivity index (χ2v) is 6.08. The van der Waals surface area contributed by atoms with Gasteiger partial charge < -0.3 is 11.1 Å². The first kappa shape index (κ1) is 17.3. The third-order valence-electron chi connectivity index (χ3n) is 3.79. The summed E-state index contributed by atoms with van der Waals surface area (Å²) >= 11 is 1.71. The van der Waals surface area contributed by atoms with Gasteiger partial charge in [-0.15, -0.1) is 0 Å². The molecule has 0 spiro atoms. The fourth-order valence-corrected chi connectivity index (χ4v) is 2.85. The molecule has 0 aliphatic carbocycles. The van der Waals surface area contributed by atoms with Crippen molar-refractivity contribution >= 4 is 29.0 Å². The summed E-state index contributed by atoms with van der Waals surface area (Å²) in [5, 5.41) is 13.6. The van der Waals surface area contributed by atoms with Gasteiger partial charge in [-0.2, -0.15) is 11.8 Å². The van der Waals surface area contributed by atoms with E-state index in [0.717, 1.165) is 12.8 Å². The third-order valence-corrected chi connectivity index (χ3v) is 5.37. The highest BCUT2D eigenvalue weighted by Crippen LogP contribution is 2.29.